The molecule has 1 rings (SSSR count). The van der Waals surface area contributed by atoms with Gasteiger partial charge in [0.1, 0.15) is 6.26 Å². The van der Waals surface area contributed by atoms with Gasteiger partial charge in [-0.15, -0.1) is 0 Å². The van der Waals surface area contributed by atoms with Crippen molar-refractivity contribution in [1.82, 2.24) is 0 Å². The molecule has 1 nitrogen and oxygen atoms in total. The van der Waals surface area contributed by atoms with Crippen molar-refractivity contribution in [3.63, 3.8) is 0 Å². The topological polar surface area (TPSA) is 13.1 Å². The Kier molecular flexibility index (Phi) is 0.638. The zero-order valence-electron chi connectivity index (χ0n) is 2.94. The Morgan fingerprint density at radius 2 is 2.67 bits per heavy atom. The normalized spacial score (nSPS) is 8.83. The van der Waals surface area contributed by atoms with Gasteiger partial charge in [0.15, 0.2) is 0 Å². The number of halogens is 1. The van der Waals surface area contributed by atoms with E-state index in [0.29, 0.717) is 0 Å². The van der Waals surface area contributed by atoms with Crippen LogP contribution in [0.2, 0.25) is 0 Å². The van der Waals surface area contributed by atoms with Gasteiger partial charge >= 0.3 is 0 Å². The fourth-order valence-electron chi connectivity index (χ4n) is 0.224. The van der Waals surface area contributed by atoms with Gasteiger partial charge in [0.25, 0.3) is 6.01 Å². The van der Waals surface area contributed by atoms with Crippen LogP contribution in [0, 0.1) is 12.1 Å². The summed E-state index contributed by atoms with van der Waals surface area (Å²) in [6.07, 6.45) is 1.16. The first-order chi connectivity index (χ1) is 2.89. The molecule has 0 aromatic carbocycles. The Morgan fingerprint density at radius 1 is 1.83 bits per heavy atom. The average molecular weight is 85.1 g/mol. The summed E-state index contributed by atoms with van der Waals surface area (Å²) in [6.45, 7) is 0. The van der Waals surface area contributed by atoms with Gasteiger partial charge in [0.05, 0.1) is 0 Å². The summed E-state index contributed by atoms with van der Waals surface area (Å²) < 4.78 is 15.6. The van der Waals surface area contributed by atoms with E-state index in [1.165, 1.54) is 0 Å². The number of rotatable bonds is 0. The van der Waals surface area contributed by atoms with Crippen LogP contribution >= 0.6 is 0 Å². The molecular formula is C4H2FO. The van der Waals surface area contributed by atoms with Crippen molar-refractivity contribution in [2.24, 2.45) is 0 Å². The lowest BCUT2D eigenvalue weighted by atomic mass is 10.7. The van der Waals surface area contributed by atoms with Gasteiger partial charge in [-0.25, -0.2) is 0 Å². The van der Waals surface area contributed by atoms with Crippen LogP contribution in [0.15, 0.2) is 16.7 Å². The van der Waals surface area contributed by atoms with Gasteiger partial charge < -0.3 is 4.42 Å². The van der Waals surface area contributed by atoms with Crippen LogP contribution in [-0.2, 0) is 0 Å². The molecule has 1 radical (unpaired) electrons. The number of hydrogen-bond acceptors (Lipinski definition) is 1. The predicted molar refractivity (Wildman–Crippen MR) is 17.5 cm³/mol. The smallest absolute Gasteiger partial charge is 0.278 e. The molecule has 1 aromatic heterocycles. The maximum atomic E-state index is 11.5. The van der Waals surface area contributed by atoms with Crippen molar-refractivity contribution in [2.45, 2.75) is 0 Å². The van der Waals surface area contributed by atoms with Gasteiger partial charge in [-0.1, -0.05) is 0 Å². The summed E-state index contributed by atoms with van der Waals surface area (Å²) in [7, 11) is 0. The van der Waals surface area contributed by atoms with E-state index < -0.39 is 6.01 Å². The van der Waals surface area contributed by atoms with Crippen molar-refractivity contribution in [1.29, 1.82) is 0 Å². The summed E-state index contributed by atoms with van der Waals surface area (Å²) in [6, 6.07) is 2.92. The SMILES string of the molecule is Fc1c[c]co1. The van der Waals surface area contributed by atoms with Crippen LogP contribution < -0.4 is 0 Å². The molecule has 0 fully saturated rings. The fraction of sp³-hybridized carbons (Fsp3) is 0. The molecule has 0 aliphatic carbocycles. The Morgan fingerprint density at radius 3 is 2.83 bits per heavy atom. The number of furan rings is 1. The van der Waals surface area contributed by atoms with Gasteiger partial charge in [-0.05, 0) is 0 Å². The lowest BCUT2D eigenvalue weighted by Gasteiger charge is -1.63. The second kappa shape index (κ2) is 1.12. The predicted octanol–water partition coefficient (Wildman–Crippen LogP) is 1.22. The highest BCUT2D eigenvalue weighted by molar-refractivity contribution is 4.79. The van der Waals surface area contributed by atoms with E-state index in [1.807, 2.05) is 0 Å². The van der Waals surface area contributed by atoms with Crippen molar-refractivity contribution in [3.05, 3.63) is 24.4 Å². The van der Waals surface area contributed by atoms with Crippen molar-refractivity contribution in [2.75, 3.05) is 0 Å². The molecule has 1 heterocycles. The second-order valence-electron chi connectivity index (χ2n) is 0.851. The average Bonchev–Trinajstić information content (AvgIpc) is 1.86. The lowest BCUT2D eigenvalue weighted by molar-refractivity contribution is 0.359. The van der Waals surface area contributed by atoms with Gasteiger partial charge in [0, 0.05) is 12.1 Å². The molecule has 0 aliphatic heterocycles. The van der Waals surface area contributed by atoms with Crippen molar-refractivity contribution < 1.29 is 8.81 Å². The van der Waals surface area contributed by atoms with Crippen LogP contribution in [0.3, 0.4) is 0 Å². The molecule has 0 unspecified atom stereocenters. The summed E-state index contributed by atoms with van der Waals surface area (Å²) in [5.74, 6) is 0. The second-order valence-corrected chi connectivity index (χ2v) is 0.851. The van der Waals surface area contributed by atoms with Crippen LogP contribution in [0.4, 0.5) is 4.39 Å². The van der Waals surface area contributed by atoms with E-state index in [-0.39, 0.29) is 0 Å². The van der Waals surface area contributed by atoms with E-state index in [9.17, 15) is 4.39 Å². The lowest BCUT2D eigenvalue weighted by Crippen LogP contribution is -1.49. The minimum atomic E-state index is -0.588. The third kappa shape index (κ3) is 0.407. The molecule has 0 bridgehead atoms. The highest BCUT2D eigenvalue weighted by atomic mass is 19.1. The molecule has 2 heteroatoms. The van der Waals surface area contributed by atoms with Crippen molar-refractivity contribution >= 4 is 0 Å². The van der Waals surface area contributed by atoms with Crippen molar-refractivity contribution in [3.8, 4) is 0 Å². The third-order valence-corrected chi connectivity index (χ3v) is 0.436. The minimum Gasteiger partial charge on any atom is -0.439 e. The summed E-state index contributed by atoms with van der Waals surface area (Å²) in [4.78, 5) is 0. The zero-order valence-corrected chi connectivity index (χ0v) is 2.94. The first-order valence-electron chi connectivity index (χ1n) is 1.49. The number of hydrogen-bond donors (Lipinski definition) is 0. The van der Waals surface area contributed by atoms with Crippen LogP contribution in [0.25, 0.3) is 0 Å². The summed E-state index contributed by atoms with van der Waals surface area (Å²) >= 11 is 0. The Labute approximate surface area is 34.4 Å². The molecule has 0 aliphatic rings. The van der Waals surface area contributed by atoms with Crippen LogP contribution in [0.1, 0.15) is 0 Å². The Balaban J connectivity index is 3.05. The van der Waals surface area contributed by atoms with Gasteiger partial charge in [-0.2, -0.15) is 4.39 Å². The molecule has 0 N–H and O–H groups in total. The van der Waals surface area contributed by atoms with Gasteiger partial charge in [0.2, 0.25) is 0 Å². The third-order valence-electron chi connectivity index (χ3n) is 0.436. The van der Waals surface area contributed by atoms with E-state index in [4.69, 9.17) is 0 Å². The molecule has 31 valence electrons. The molecular weight excluding hydrogens is 83.0 g/mol. The minimum absolute atomic E-state index is 0.588. The molecule has 0 saturated heterocycles. The quantitative estimate of drug-likeness (QED) is 0.461. The van der Waals surface area contributed by atoms with E-state index in [1.54, 1.807) is 0 Å². The zero-order chi connectivity index (χ0) is 4.41. The maximum absolute atomic E-state index is 11.5. The molecule has 0 atom stereocenters. The van der Waals surface area contributed by atoms with E-state index in [0.717, 1.165) is 12.3 Å². The molecule has 1 aromatic rings. The molecule has 0 spiro atoms. The van der Waals surface area contributed by atoms with E-state index >= 15 is 0 Å². The van der Waals surface area contributed by atoms with Crippen LogP contribution in [0.5, 0.6) is 0 Å². The summed E-state index contributed by atoms with van der Waals surface area (Å²) in [5.41, 5.74) is 0. The molecule has 0 saturated carbocycles. The first-order valence-corrected chi connectivity index (χ1v) is 1.49. The molecule has 0 amide bonds. The Hall–Kier alpha value is -0.790. The first kappa shape index (κ1) is 3.40. The van der Waals surface area contributed by atoms with Crippen LogP contribution in [-0.4, -0.2) is 0 Å². The van der Waals surface area contributed by atoms with E-state index in [2.05, 4.69) is 10.5 Å². The largest absolute Gasteiger partial charge is 0.439 e. The monoisotopic (exact) mass is 85.0 g/mol. The maximum Gasteiger partial charge on any atom is 0.278 e. The highest BCUT2D eigenvalue weighted by Crippen LogP contribution is 1.92. The molecule has 6 heavy (non-hydrogen) atoms. The highest BCUT2D eigenvalue weighted by Gasteiger charge is 1.82. The fourth-order valence-corrected chi connectivity index (χ4v) is 0.224. The standard InChI is InChI=1S/C4H2FO/c5-4-2-1-3-6-4/h2-3H. The Bertz CT molecular complexity index is 111. The van der Waals surface area contributed by atoms with Gasteiger partial charge in [-0.3, -0.25) is 0 Å². The summed E-state index contributed by atoms with van der Waals surface area (Å²) in [5, 5.41) is 0.